The number of rotatable bonds is 55. The van der Waals surface area contributed by atoms with Crippen LogP contribution in [0, 0.1) is 0 Å². The molecule has 0 aliphatic heterocycles. The highest BCUT2D eigenvalue weighted by Gasteiger charge is 2.19. The summed E-state index contributed by atoms with van der Waals surface area (Å²) >= 11 is 0. The first kappa shape index (κ1) is 64.9. The Hall–Kier alpha value is -2.11. The molecule has 0 aromatic heterocycles. The molecular weight excluding hydrogens is 829 g/mol. The molecule has 0 radical (unpaired) electrons. The Bertz CT molecular complexity index is 1080. The average molecular weight is 944 g/mol. The summed E-state index contributed by atoms with van der Waals surface area (Å²) < 4.78 is 16.8. The minimum absolute atomic E-state index is 0.0723. The molecule has 0 fully saturated rings. The van der Waals surface area contributed by atoms with Crippen LogP contribution in [0.5, 0.6) is 0 Å². The molecule has 0 bridgehead atoms. The van der Waals surface area contributed by atoms with Crippen molar-refractivity contribution in [2.24, 2.45) is 0 Å². The van der Waals surface area contributed by atoms with E-state index >= 15 is 0 Å². The van der Waals surface area contributed by atoms with E-state index in [1.54, 1.807) is 0 Å². The Kier molecular flexibility index (Phi) is 54.7. The molecule has 67 heavy (non-hydrogen) atoms. The van der Waals surface area contributed by atoms with Crippen LogP contribution in [0.25, 0.3) is 0 Å². The fourth-order valence-corrected chi connectivity index (χ4v) is 8.93. The maximum absolute atomic E-state index is 12.8. The largest absolute Gasteiger partial charge is 0.462 e. The molecule has 0 aromatic rings. The lowest BCUT2D eigenvalue weighted by Gasteiger charge is -2.18. The molecule has 0 heterocycles. The Morgan fingerprint density at radius 1 is 0.299 bits per heavy atom. The topological polar surface area (TPSA) is 78.9 Å². The lowest BCUT2D eigenvalue weighted by Crippen LogP contribution is -2.30. The van der Waals surface area contributed by atoms with Crippen molar-refractivity contribution in [2.45, 2.75) is 335 Å². The summed E-state index contributed by atoms with van der Waals surface area (Å²) in [6.45, 7) is 6.60. The van der Waals surface area contributed by atoms with Gasteiger partial charge in [-0.3, -0.25) is 14.4 Å². The van der Waals surface area contributed by atoms with Gasteiger partial charge < -0.3 is 14.2 Å². The van der Waals surface area contributed by atoms with Crippen LogP contribution in [0.2, 0.25) is 0 Å². The number of carbonyl (C=O) groups is 3. The van der Waals surface area contributed by atoms with E-state index in [-0.39, 0.29) is 31.1 Å². The van der Waals surface area contributed by atoms with Gasteiger partial charge >= 0.3 is 17.9 Å². The molecule has 0 saturated carbocycles. The van der Waals surface area contributed by atoms with Crippen molar-refractivity contribution >= 4 is 17.9 Å². The van der Waals surface area contributed by atoms with Gasteiger partial charge in [0, 0.05) is 19.3 Å². The molecular formula is C61H114O6. The number of unbranched alkanes of at least 4 members (excludes halogenated alkanes) is 40. The standard InChI is InChI=1S/C61H114O6/c1-4-7-10-13-16-19-21-23-25-26-27-28-29-30-31-32-33-34-35-36-37-39-40-42-45-48-51-54-60(63)66-57-58(56-65-59(62)53-50-47-44-18-15-12-9-6-3)67-61(64)55-52-49-46-43-41-38-24-22-20-17-14-11-8-5-2/h14,17,22,24,58H,4-13,15-16,18-21,23,25-57H2,1-3H3/b17-14-,24-22-. The highest BCUT2D eigenvalue weighted by atomic mass is 16.6. The summed E-state index contributed by atoms with van der Waals surface area (Å²) in [7, 11) is 0. The van der Waals surface area contributed by atoms with Crippen molar-refractivity contribution in [1.82, 2.24) is 0 Å². The number of esters is 3. The van der Waals surface area contributed by atoms with Crippen molar-refractivity contribution in [3.63, 3.8) is 0 Å². The predicted octanol–water partition coefficient (Wildman–Crippen LogP) is 19.9. The van der Waals surface area contributed by atoms with Gasteiger partial charge in [0.05, 0.1) is 0 Å². The number of hydrogen-bond acceptors (Lipinski definition) is 6. The monoisotopic (exact) mass is 943 g/mol. The van der Waals surface area contributed by atoms with Gasteiger partial charge in [0.25, 0.3) is 0 Å². The number of allylic oxidation sites excluding steroid dienone is 4. The summed E-state index contributed by atoms with van der Waals surface area (Å²) in [5, 5.41) is 0. The van der Waals surface area contributed by atoms with Gasteiger partial charge in [-0.2, -0.15) is 0 Å². The van der Waals surface area contributed by atoms with Gasteiger partial charge in [-0.15, -0.1) is 0 Å². The lowest BCUT2D eigenvalue weighted by atomic mass is 10.0. The third-order valence-electron chi connectivity index (χ3n) is 13.5. The van der Waals surface area contributed by atoms with Crippen LogP contribution in [0.1, 0.15) is 329 Å². The first-order valence-corrected chi connectivity index (χ1v) is 29.8. The third-order valence-corrected chi connectivity index (χ3v) is 13.5. The van der Waals surface area contributed by atoms with Crippen molar-refractivity contribution in [3.05, 3.63) is 24.3 Å². The summed E-state index contributed by atoms with van der Waals surface area (Å²) in [6, 6.07) is 0. The minimum atomic E-state index is -0.772. The first-order valence-electron chi connectivity index (χ1n) is 29.8. The molecule has 0 N–H and O–H groups in total. The van der Waals surface area contributed by atoms with Gasteiger partial charge in [-0.25, -0.2) is 0 Å². The first-order chi connectivity index (χ1) is 33.0. The van der Waals surface area contributed by atoms with E-state index in [1.807, 2.05) is 0 Å². The van der Waals surface area contributed by atoms with E-state index in [0.717, 1.165) is 83.5 Å². The second-order valence-electron chi connectivity index (χ2n) is 20.3. The van der Waals surface area contributed by atoms with Crippen LogP contribution in [-0.2, 0) is 28.6 Å². The molecule has 0 saturated heterocycles. The maximum atomic E-state index is 12.8. The molecule has 1 atom stereocenters. The number of carbonyl (C=O) groups excluding carboxylic acids is 3. The molecule has 0 rings (SSSR count). The SMILES string of the molecule is CCCC/C=C\C/C=C\CCCCCCCC(=O)OC(COC(=O)CCCCCCCCCC)COC(=O)CCCCCCCCCCCCCCCCCCCCCCCCCCCCC. The molecule has 0 aliphatic carbocycles. The Morgan fingerprint density at radius 2 is 0.552 bits per heavy atom. The van der Waals surface area contributed by atoms with Crippen LogP contribution in [0.4, 0.5) is 0 Å². The molecule has 6 heteroatoms. The van der Waals surface area contributed by atoms with E-state index in [9.17, 15) is 14.4 Å². The molecule has 394 valence electrons. The lowest BCUT2D eigenvalue weighted by molar-refractivity contribution is -0.167. The van der Waals surface area contributed by atoms with Crippen LogP contribution < -0.4 is 0 Å². The molecule has 0 aromatic carbocycles. The normalized spacial score (nSPS) is 12.1. The average Bonchev–Trinajstić information content (AvgIpc) is 3.33. The molecule has 0 aliphatic rings. The Labute approximate surface area is 417 Å². The molecule has 0 amide bonds. The van der Waals surface area contributed by atoms with E-state index in [2.05, 4.69) is 45.1 Å². The maximum Gasteiger partial charge on any atom is 0.306 e. The summed E-state index contributed by atoms with van der Waals surface area (Å²) in [5.74, 6) is -0.873. The van der Waals surface area contributed by atoms with Crippen LogP contribution in [-0.4, -0.2) is 37.2 Å². The van der Waals surface area contributed by atoms with E-state index < -0.39 is 6.10 Å². The summed E-state index contributed by atoms with van der Waals surface area (Å²) in [5.41, 5.74) is 0. The van der Waals surface area contributed by atoms with Gasteiger partial charge in [-0.05, 0) is 44.9 Å². The van der Waals surface area contributed by atoms with Gasteiger partial charge in [0.1, 0.15) is 13.2 Å². The van der Waals surface area contributed by atoms with Gasteiger partial charge in [0.2, 0.25) is 0 Å². The van der Waals surface area contributed by atoms with Crippen LogP contribution in [0.3, 0.4) is 0 Å². The fraction of sp³-hybridized carbons (Fsp3) is 0.885. The quantitative estimate of drug-likeness (QED) is 0.0262. The molecule has 1 unspecified atom stereocenters. The number of hydrogen-bond donors (Lipinski definition) is 0. The predicted molar refractivity (Wildman–Crippen MR) is 289 cm³/mol. The minimum Gasteiger partial charge on any atom is -0.462 e. The summed E-state index contributed by atoms with van der Waals surface area (Å²) in [6.07, 6.45) is 66.4. The summed E-state index contributed by atoms with van der Waals surface area (Å²) in [4.78, 5) is 38.0. The smallest absolute Gasteiger partial charge is 0.306 e. The van der Waals surface area contributed by atoms with Gasteiger partial charge in [-0.1, -0.05) is 289 Å². The van der Waals surface area contributed by atoms with E-state index in [0.29, 0.717) is 19.3 Å². The molecule has 6 nitrogen and oxygen atoms in total. The second kappa shape index (κ2) is 56.5. The van der Waals surface area contributed by atoms with E-state index in [1.165, 1.54) is 205 Å². The fourth-order valence-electron chi connectivity index (χ4n) is 8.93. The zero-order chi connectivity index (χ0) is 48.6. The van der Waals surface area contributed by atoms with E-state index in [4.69, 9.17) is 14.2 Å². The number of ether oxygens (including phenoxy) is 3. The van der Waals surface area contributed by atoms with Crippen molar-refractivity contribution < 1.29 is 28.6 Å². The Balaban J connectivity index is 4.06. The third kappa shape index (κ3) is 54.7. The highest BCUT2D eigenvalue weighted by molar-refractivity contribution is 5.71. The van der Waals surface area contributed by atoms with Gasteiger partial charge in [0.15, 0.2) is 6.10 Å². The van der Waals surface area contributed by atoms with Crippen LogP contribution >= 0.6 is 0 Å². The van der Waals surface area contributed by atoms with Crippen molar-refractivity contribution in [2.75, 3.05) is 13.2 Å². The highest BCUT2D eigenvalue weighted by Crippen LogP contribution is 2.18. The zero-order valence-corrected chi connectivity index (χ0v) is 45.2. The zero-order valence-electron chi connectivity index (χ0n) is 45.2. The van der Waals surface area contributed by atoms with Crippen molar-refractivity contribution in [3.8, 4) is 0 Å². The Morgan fingerprint density at radius 3 is 0.866 bits per heavy atom. The molecule has 0 spiro atoms. The van der Waals surface area contributed by atoms with Crippen molar-refractivity contribution in [1.29, 1.82) is 0 Å². The second-order valence-corrected chi connectivity index (χ2v) is 20.3. The van der Waals surface area contributed by atoms with Crippen LogP contribution in [0.15, 0.2) is 24.3 Å².